The Kier molecular flexibility index (Phi) is 9.84. The molecule has 234 valence electrons. The number of hydrogen-bond donors (Lipinski definition) is 1. The highest BCUT2D eigenvalue weighted by Gasteiger charge is 2.31. The van der Waals surface area contributed by atoms with Crippen molar-refractivity contribution in [1.29, 1.82) is 0 Å². The number of likely N-dealkylation sites (tertiary alicyclic amines) is 1. The third-order valence-corrected chi connectivity index (χ3v) is 8.05. The van der Waals surface area contributed by atoms with Crippen LogP contribution in [-0.2, 0) is 27.2 Å². The number of fused-ring (bicyclic) bond motifs is 2. The van der Waals surface area contributed by atoms with Gasteiger partial charge in [0.15, 0.2) is 0 Å². The molecule has 1 saturated heterocycles. The van der Waals surface area contributed by atoms with Crippen LogP contribution in [0.4, 0.5) is 9.18 Å². The molecule has 3 aromatic carbocycles. The lowest BCUT2D eigenvalue weighted by atomic mass is 9.95. The fraction of sp³-hybridized carbons (Fsp3) is 0.457. The molecule has 5 rings (SSSR count). The highest BCUT2D eigenvalue weighted by molar-refractivity contribution is 5.83. The summed E-state index contributed by atoms with van der Waals surface area (Å²) >= 11 is 0. The van der Waals surface area contributed by atoms with Gasteiger partial charge in [0.1, 0.15) is 17.2 Å². The number of nitrogens with one attached hydrogen (secondary N) is 1. The lowest BCUT2D eigenvalue weighted by Crippen LogP contribution is -2.46. The SMILES string of the molecule is COCCCn1c([C@@H]2CCCN(C(=O)C[C@@H](Cc3ccc4ccccc4c3)NC(=O)OC(C)(C)C)C2)nc2cc(F)ccc21. The molecule has 0 spiro atoms. The molecule has 8 nitrogen and oxygen atoms in total. The van der Waals surface area contributed by atoms with Crippen molar-refractivity contribution >= 4 is 33.8 Å². The number of aryl methyl sites for hydroxylation is 1. The van der Waals surface area contributed by atoms with Gasteiger partial charge in [-0.25, -0.2) is 14.2 Å². The van der Waals surface area contributed by atoms with Gasteiger partial charge in [0.2, 0.25) is 5.91 Å². The van der Waals surface area contributed by atoms with Crippen LogP contribution in [0.1, 0.15) is 63.8 Å². The monoisotopic (exact) mass is 602 g/mol. The van der Waals surface area contributed by atoms with Crippen LogP contribution >= 0.6 is 0 Å². The molecule has 44 heavy (non-hydrogen) atoms. The van der Waals surface area contributed by atoms with Crippen LogP contribution in [-0.4, -0.2) is 64.9 Å². The minimum absolute atomic E-state index is 0.0171. The number of nitrogens with zero attached hydrogens (tertiary/aromatic N) is 3. The second-order valence-electron chi connectivity index (χ2n) is 12.7. The average molecular weight is 603 g/mol. The highest BCUT2D eigenvalue weighted by Crippen LogP contribution is 2.30. The molecule has 2 heterocycles. The number of piperidine rings is 1. The molecule has 2 atom stereocenters. The summed E-state index contributed by atoms with van der Waals surface area (Å²) in [7, 11) is 1.68. The van der Waals surface area contributed by atoms with Gasteiger partial charge in [-0.1, -0.05) is 42.5 Å². The number of carbonyl (C=O) groups is 2. The lowest BCUT2D eigenvalue weighted by molar-refractivity contribution is -0.132. The largest absolute Gasteiger partial charge is 0.444 e. The number of amides is 2. The van der Waals surface area contributed by atoms with Crippen molar-refractivity contribution in [3.05, 3.63) is 77.9 Å². The zero-order valence-electron chi connectivity index (χ0n) is 26.1. The van der Waals surface area contributed by atoms with Gasteiger partial charge in [-0.15, -0.1) is 0 Å². The number of aromatic nitrogens is 2. The Balaban J connectivity index is 1.34. The van der Waals surface area contributed by atoms with Crippen LogP contribution in [0.3, 0.4) is 0 Å². The van der Waals surface area contributed by atoms with Crippen LogP contribution < -0.4 is 5.32 Å². The molecule has 1 aliphatic heterocycles. The predicted molar refractivity (Wildman–Crippen MR) is 170 cm³/mol. The Morgan fingerprint density at radius 1 is 1.09 bits per heavy atom. The number of hydrogen-bond acceptors (Lipinski definition) is 5. The zero-order chi connectivity index (χ0) is 31.3. The Labute approximate surface area is 258 Å². The van der Waals surface area contributed by atoms with Crippen LogP contribution in [0.2, 0.25) is 0 Å². The molecule has 4 aromatic rings. The van der Waals surface area contributed by atoms with E-state index < -0.39 is 17.7 Å². The van der Waals surface area contributed by atoms with Gasteiger partial charge in [0, 0.05) is 57.8 Å². The van der Waals surface area contributed by atoms with Gasteiger partial charge in [0.05, 0.1) is 11.0 Å². The number of rotatable bonds is 10. The van der Waals surface area contributed by atoms with Crippen molar-refractivity contribution in [2.24, 2.45) is 0 Å². The van der Waals surface area contributed by atoms with E-state index in [1.54, 1.807) is 13.2 Å². The van der Waals surface area contributed by atoms with E-state index in [1.807, 2.05) is 43.9 Å². The number of imidazole rings is 1. The number of alkyl carbamates (subject to hydrolysis) is 1. The fourth-order valence-corrected chi connectivity index (χ4v) is 6.09. The van der Waals surface area contributed by atoms with E-state index >= 15 is 0 Å². The summed E-state index contributed by atoms with van der Waals surface area (Å²) in [5.41, 5.74) is 1.89. The molecule has 0 saturated carbocycles. The number of benzene rings is 3. The summed E-state index contributed by atoms with van der Waals surface area (Å²) in [6.07, 6.45) is 2.62. The Morgan fingerprint density at radius 2 is 1.89 bits per heavy atom. The maximum absolute atomic E-state index is 14.1. The van der Waals surface area contributed by atoms with Crippen LogP contribution in [0, 0.1) is 5.82 Å². The number of ether oxygens (including phenoxy) is 2. The smallest absolute Gasteiger partial charge is 0.407 e. The van der Waals surface area contributed by atoms with Crippen molar-refractivity contribution in [1.82, 2.24) is 19.8 Å². The quantitative estimate of drug-likeness (QED) is 0.207. The number of halogens is 1. The van der Waals surface area contributed by atoms with E-state index in [4.69, 9.17) is 14.5 Å². The van der Waals surface area contributed by atoms with E-state index in [0.29, 0.717) is 38.2 Å². The molecular formula is C35H43FN4O4. The number of methoxy groups -OCH3 is 1. The first-order valence-electron chi connectivity index (χ1n) is 15.5. The Bertz CT molecular complexity index is 1610. The van der Waals surface area contributed by atoms with Crippen molar-refractivity contribution in [2.45, 2.75) is 77.0 Å². The van der Waals surface area contributed by atoms with Gasteiger partial charge in [0.25, 0.3) is 0 Å². The summed E-state index contributed by atoms with van der Waals surface area (Å²) in [6, 6.07) is 18.6. The van der Waals surface area contributed by atoms with Crippen molar-refractivity contribution < 1.29 is 23.5 Å². The first-order chi connectivity index (χ1) is 21.1. The standard InChI is InChI=1S/C35H43FN4O4/c1-35(2,3)44-34(42)37-29(20-24-12-13-25-9-5-6-10-26(25)19-24)22-32(41)39-16-7-11-27(23-39)33-38-30-21-28(36)14-15-31(30)40(33)17-8-18-43-4/h5-6,9-10,12-15,19,21,27,29H,7-8,11,16-18,20,22-23H2,1-4H3,(H,37,42)/t27-,29-/m1/s1. The van der Waals surface area contributed by atoms with Crippen LogP contribution in [0.25, 0.3) is 21.8 Å². The summed E-state index contributed by atoms with van der Waals surface area (Å²) < 4.78 is 27.0. The van der Waals surface area contributed by atoms with Gasteiger partial charge in [-0.3, -0.25) is 4.79 Å². The van der Waals surface area contributed by atoms with Gasteiger partial charge in [-0.2, -0.15) is 0 Å². The Hall–Kier alpha value is -3.98. The van der Waals surface area contributed by atoms with E-state index in [1.165, 1.54) is 12.1 Å². The number of carbonyl (C=O) groups excluding carboxylic acids is 2. The summed E-state index contributed by atoms with van der Waals surface area (Å²) in [4.78, 5) is 33.4. The van der Waals surface area contributed by atoms with E-state index in [0.717, 1.165) is 46.9 Å². The maximum atomic E-state index is 14.1. The van der Waals surface area contributed by atoms with Crippen molar-refractivity contribution in [2.75, 3.05) is 26.8 Å². The van der Waals surface area contributed by atoms with Crippen LogP contribution in [0.15, 0.2) is 60.7 Å². The minimum Gasteiger partial charge on any atom is -0.444 e. The molecule has 0 aliphatic carbocycles. The normalized spacial score (nSPS) is 16.3. The topological polar surface area (TPSA) is 85.7 Å². The van der Waals surface area contributed by atoms with E-state index in [-0.39, 0.29) is 24.1 Å². The third kappa shape index (κ3) is 7.94. The minimum atomic E-state index is -0.653. The average Bonchev–Trinajstić information content (AvgIpc) is 3.33. The molecular weight excluding hydrogens is 559 g/mol. The first kappa shape index (κ1) is 31.4. The fourth-order valence-electron chi connectivity index (χ4n) is 6.09. The molecule has 1 aromatic heterocycles. The Morgan fingerprint density at radius 3 is 2.66 bits per heavy atom. The molecule has 1 N–H and O–H groups in total. The highest BCUT2D eigenvalue weighted by atomic mass is 19.1. The zero-order valence-corrected chi connectivity index (χ0v) is 26.1. The predicted octanol–water partition coefficient (Wildman–Crippen LogP) is 6.60. The summed E-state index contributed by atoms with van der Waals surface area (Å²) in [5.74, 6) is 0.549. The van der Waals surface area contributed by atoms with Crippen molar-refractivity contribution in [3.8, 4) is 0 Å². The van der Waals surface area contributed by atoms with Gasteiger partial charge >= 0.3 is 6.09 Å². The summed E-state index contributed by atoms with van der Waals surface area (Å²) in [5, 5.41) is 5.22. The lowest BCUT2D eigenvalue weighted by Gasteiger charge is -2.34. The second kappa shape index (κ2) is 13.8. The van der Waals surface area contributed by atoms with Crippen LogP contribution in [0.5, 0.6) is 0 Å². The first-order valence-corrected chi connectivity index (χ1v) is 15.5. The molecule has 1 fully saturated rings. The molecule has 0 unspecified atom stereocenters. The van der Waals surface area contributed by atoms with E-state index in [2.05, 4.69) is 34.1 Å². The van der Waals surface area contributed by atoms with Gasteiger partial charge < -0.3 is 24.3 Å². The molecule has 9 heteroatoms. The van der Waals surface area contributed by atoms with E-state index in [9.17, 15) is 14.0 Å². The molecule has 0 bridgehead atoms. The molecule has 1 aliphatic rings. The summed E-state index contributed by atoms with van der Waals surface area (Å²) in [6.45, 7) is 7.93. The maximum Gasteiger partial charge on any atom is 0.407 e. The van der Waals surface area contributed by atoms with Gasteiger partial charge in [-0.05, 0) is 74.9 Å². The molecule has 2 amide bonds. The third-order valence-electron chi connectivity index (χ3n) is 8.05. The molecule has 0 radical (unpaired) electrons. The van der Waals surface area contributed by atoms with Crippen molar-refractivity contribution in [3.63, 3.8) is 0 Å². The second-order valence-corrected chi connectivity index (χ2v) is 12.7.